The molecule has 0 bridgehead atoms. The molecule has 0 aromatic heterocycles. The predicted molar refractivity (Wildman–Crippen MR) is 94.2 cm³/mol. The molecule has 2 atom stereocenters. The van der Waals surface area contributed by atoms with Crippen molar-refractivity contribution < 1.29 is 9.90 Å². The Hall–Kier alpha value is -0.530. The molecule has 0 radical (unpaired) electrons. The van der Waals surface area contributed by atoms with Crippen LogP contribution in [0.5, 0.6) is 0 Å². The molecule has 0 heterocycles. The lowest BCUT2D eigenvalue weighted by atomic mass is 9.86. The van der Waals surface area contributed by atoms with Crippen LogP contribution in [0, 0.1) is 11.8 Å². The average Bonchev–Trinajstić information content (AvgIpc) is 2.93. The molecule has 2 heteroatoms. The summed E-state index contributed by atoms with van der Waals surface area (Å²) in [6.45, 7) is 2.28. The van der Waals surface area contributed by atoms with Crippen LogP contribution in [-0.2, 0) is 4.79 Å². The fourth-order valence-electron chi connectivity index (χ4n) is 4.10. The van der Waals surface area contributed by atoms with E-state index in [0.717, 1.165) is 24.7 Å². The smallest absolute Gasteiger partial charge is 0.303 e. The Morgan fingerprint density at radius 2 is 1.32 bits per heavy atom. The van der Waals surface area contributed by atoms with Crippen molar-refractivity contribution in [3.63, 3.8) is 0 Å². The summed E-state index contributed by atoms with van der Waals surface area (Å²) in [6.07, 6.45) is 20.6. The molecule has 1 aliphatic carbocycles. The Kier molecular flexibility index (Phi) is 11.5. The molecule has 2 nitrogen and oxygen atoms in total. The summed E-state index contributed by atoms with van der Waals surface area (Å²) in [5, 5.41) is 8.63. The molecule has 0 spiro atoms. The lowest BCUT2D eigenvalue weighted by Gasteiger charge is -2.19. The molecule has 1 unspecified atom stereocenters. The fraction of sp³-hybridized carbons (Fsp3) is 0.950. The van der Waals surface area contributed by atoms with E-state index in [2.05, 4.69) is 6.92 Å². The van der Waals surface area contributed by atoms with Gasteiger partial charge in [-0.05, 0) is 18.3 Å². The van der Waals surface area contributed by atoms with E-state index in [-0.39, 0.29) is 0 Å². The van der Waals surface area contributed by atoms with Gasteiger partial charge in [0.1, 0.15) is 0 Å². The van der Waals surface area contributed by atoms with Gasteiger partial charge in [0.2, 0.25) is 0 Å². The minimum atomic E-state index is -0.644. The summed E-state index contributed by atoms with van der Waals surface area (Å²) in [5.41, 5.74) is 0. The van der Waals surface area contributed by atoms with E-state index in [1.807, 2.05) is 0 Å². The molecule has 0 aromatic rings. The molecular weight excluding hydrogens is 272 g/mol. The van der Waals surface area contributed by atoms with E-state index in [9.17, 15) is 4.79 Å². The van der Waals surface area contributed by atoms with Gasteiger partial charge in [0.25, 0.3) is 0 Å². The average molecular weight is 311 g/mol. The highest BCUT2D eigenvalue weighted by molar-refractivity contribution is 5.66. The maximum atomic E-state index is 10.5. The van der Waals surface area contributed by atoms with Crippen molar-refractivity contribution in [3.05, 3.63) is 0 Å². The third kappa shape index (κ3) is 9.48. The minimum absolute atomic E-state index is 0.351. The number of carboxylic acid groups (broad SMARTS) is 1. The summed E-state index contributed by atoms with van der Waals surface area (Å²) in [6, 6.07) is 0. The van der Waals surface area contributed by atoms with Crippen LogP contribution >= 0.6 is 0 Å². The Morgan fingerprint density at radius 3 is 1.86 bits per heavy atom. The summed E-state index contributed by atoms with van der Waals surface area (Å²) in [5.74, 6) is 1.34. The first-order chi connectivity index (χ1) is 10.7. The van der Waals surface area contributed by atoms with Crippen molar-refractivity contribution in [2.45, 2.75) is 110 Å². The highest BCUT2D eigenvalue weighted by Gasteiger charge is 2.25. The van der Waals surface area contributed by atoms with Crippen molar-refractivity contribution in [1.29, 1.82) is 0 Å². The minimum Gasteiger partial charge on any atom is -0.481 e. The van der Waals surface area contributed by atoms with Gasteiger partial charge in [-0.25, -0.2) is 0 Å². The van der Waals surface area contributed by atoms with Crippen molar-refractivity contribution in [2.75, 3.05) is 0 Å². The van der Waals surface area contributed by atoms with Crippen LogP contribution in [0.2, 0.25) is 0 Å². The van der Waals surface area contributed by atoms with E-state index in [1.54, 1.807) is 0 Å². The molecule has 0 saturated heterocycles. The lowest BCUT2D eigenvalue weighted by molar-refractivity contribution is -0.137. The van der Waals surface area contributed by atoms with Gasteiger partial charge in [0, 0.05) is 6.42 Å². The van der Waals surface area contributed by atoms with Crippen LogP contribution in [0.15, 0.2) is 0 Å². The quantitative estimate of drug-likeness (QED) is 0.368. The van der Waals surface area contributed by atoms with Crippen molar-refractivity contribution in [2.24, 2.45) is 11.8 Å². The maximum Gasteiger partial charge on any atom is 0.303 e. The number of rotatable bonds is 14. The largest absolute Gasteiger partial charge is 0.481 e. The van der Waals surface area contributed by atoms with E-state index >= 15 is 0 Å². The van der Waals surface area contributed by atoms with E-state index in [4.69, 9.17) is 5.11 Å². The van der Waals surface area contributed by atoms with Gasteiger partial charge < -0.3 is 5.11 Å². The Balaban J connectivity index is 1.99. The molecule has 1 rings (SSSR count). The third-order valence-electron chi connectivity index (χ3n) is 5.46. The van der Waals surface area contributed by atoms with E-state index in [0.29, 0.717) is 6.42 Å². The number of aliphatic carboxylic acids is 1. The second-order valence-corrected chi connectivity index (χ2v) is 7.35. The number of unbranched alkanes of at least 4 members (excludes halogenated alkanes) is 8. The van der Waals surface area contributed by atoms with E-state index < -0.39 is 5.97 Å². The zero-order valence-electron chi connectivity index (χ0n) is 14.8. The number of hydrogen-bond acceptors (Lipinski definition) is 1. The summed E-state index contributed by atoms with van der Waals surface area (Å²) < 4.78 is 0. The van der Waals surface area contributed by atoms with Crippen LogP contribution in [-0.4, -0.2) is 11.1 Å². The number of carbonyl (C=O) groups is 1. The monoisotopic (exact) mass is 310 g/mol. The van der Waals surface area contributed by atoms with Crippen LogP contribution in [0.4, 0.5) is 0 Å². The zero-order chi connectivity index (χ0) is 16.0. The third-order valence-corrected chi connectivity index (χ3v) is 5.46. The highest BCUT2D eigenvalue weighted by Crippen LogP contribution is 2.38. The second kappa shape index (κ2) is 13.0. The standard InChI is InChI=1S/C20H38O2/c1-2-3-4-5-6-9-13-18-15-12-16-19(18)14-10-7-8-11-17-20(21)22/h18-19H,2-17H2,1H3,(H,21,22)/t18-,19?/m0/s1. The van der Waals surface area contributed by atoms with Gasteiger partial charge in [-0.3, -0.25) is 4.79 Å². The zero-order valence-corrected chi connectivity index (χ0v) is 14.8. The summed E-state index contributed by atoms with van der Waals surface area (Å²) in [7, 11) is 0. The molecule has 130 valence electrons. The normalized spacial score (nSPS) is 21.3. The Morgan fingerprint density at radius 1 is 0.818 bits per heavy atom. The van der Waals surface area contributed by atoms with Gasteiger partial charge in [0.05, 0.1) is 0 Å². The molecule has 0 aliphatic heterocycles. The topological polar surface area (TPSA) is 37.3 Å². The molecule has 1 N–H and O–H groups in total. The van der Waals surface area contributed by atoms with Gasteiger partial charge in [-0.1, -0.05) is 96.8 Å². The fourth-order valence-corrected chi connectivity index (χ4v) is 4.10. The van der Waals surface area contributed by atoms with Crippen molar-refractivity contribution in [1.82, 2.24) is 0 Å². The molecule has 0 amide bonds. The van der Waals surface area contributed by atoms with Gasteiger partial charge >= 0.3 is 5.97 Å². The molecular formula is C20H38O2. The van der Waals surface area contributed by atoms with Crippen LogP contribution < -0.4 is 0 Å². The Labute approximate surface area is 138 Å². The second-order valence-electron chi connectivity index (χ2n) is 7.35. The summed E-state index contributed by atoms with van der Waals surface area (Å²) in [4.78, 5) is 10.5. The van der Waals surface area contributed by atoms with E-state index in [1.165, 1.54) is 83.5 Å². The summed E-state index contributed by atoms with van der Waals surface area (Å²) >= 11 is 0. The van der Waals surface area contributed by atoms with Crippen molar-refractivity contribution >= 4 is 5.97 Å². The SMILES string of the molecule is CCCCCCCC[C@H]1CCCC1CCCCCCC(=O)O. The van der Waals surface area contributed by atoms with Crippen molar-refractivity contribution in [3.8, 4) is 0 Å². The van der Waals surface area contributed by atoms with Gasteiger partial charge in [-0.15, -0.1) is 0 Å². The number of carboxylic acids is 1. The van der Waals surface area contributed by atoms with Crippen LogP contribution in [0.25, 0.3) is 0 Å². The molecule has 1 fully saturated rings. The molecule has 0 aromatic carbocycles. The molecule has 22 heavy (non-hydrogen) atoms. The van der Waals surface area contributed by atoms with Gasteiger partial charge in [-0.2, -0.15) is 0 Å². The van der Waals surface area contributed by atoms with Crippen LogP contribution in [0.1, 0.15) is 110 Å². The molecule has 1 aliphatic rings. The number of hydrogen-bond donors (Lipinski definition) is 1. The first-order valence-corrected chi connectivity index (χ1v) is 9.95. The molecule has 1 saturated carbocycles. The first kappa shape index (κ1) is 19.5. The maximum absolute atomic E-state index is 10.5. The van der Waals surface area contributed by atoms with Gasteiger partial charge in [0.15, 0.2) is 0 Å². The van der Waals surface area contributed by atoms with Crippen LogP contribution in [0.3, 0.4) is 0 Å². The predicted octanol–water partition coefficient (Wildman–Crippen LogP) is 6.58. The highest BCUT2D eigenvalue weighted by atomic mass is 16.4. The Bertz CT molecular complexity index is 275. The first-order valence-electron chi connectivity index (χ1n) is 9.95. The lowest BCUT2D eigenvalue weighted by Crippen LogP contribution is -2.08.